The second-order valence-corrected chi connectivity index (χ2v) is 4.17. The molecule has 1 unspecified atom stereocenters. The fraction of sp³-hybridized carbons (Fsp3) is 0.417. The van der Waals surface area contributed by atoms with Crippen molar-refractivity contribution >= 4 is 11.1 Å². The van der Waals surface area contributed by atoms with Crippen LogP contribution < -0.4 is 11.2 Å². The van der Waals surface area contributed by atoms with E-state index in [1.165, 1.54) is 13.0 Å². The van der Waals surface area contributed by atoms with Crippen LogP contribution in [0.25, 0.3) is 11.1 Å². The third-order valence-corrected chi connectivity index (χ3v) is 2.70. The molecule has 1 atom stereocenters. The van der Waals surface area contributed by atoms with Crippen molar-refractivity contribution in [2.45, 2.75) is 25.9 Å². The number of hydrogen-bond acceptors (Lipinski definition) is 5. The van der Waals surface area contributed by atoms with Crippen LogP contribution in [0.1, 0.15) is 30.9 Å². The van der Waals surface area contributed by atoms with Crippen molar-refractivity contribution in [2.75, 3.05) is 6.61 Å². The molecular weight excluding hydrogens is 255 g/mol. The van der Waals surface area contributed by atoms with Crippen LogP contribution in [0.15, 0.2) is 20.1 Å². The summed E-state index contributed by atoms with van der Waals surface area (Å²) in [5.74, 6) is -0.181. The van der Waals surface area contributed by atoms with E-state index in [0.717, 1.165) is 0 Å². The Morgan fingerprint density at radius 2 is 2.26 bits per heavy atom. The van der Waals surface area contributed by atoms with Crippen molar-refractivity contribution in [3.05, 3.63) is 38.2 Å². The lowest BCUT2D eigenvalue weighted by atomic mass is 10.1. The summed E-state index contributed by atoms with van der Waals surface area (Å²) in [5, 5.41) is 8.93. The minimum absolute atomic E-state index is 0.0628. The number of aryl methyl sites for hydroxylation is 1. The summed E-state index contributed by atoms with van der Waals surface area (Å²) in [7, 11) is 0. The van der Waals surface area contributed by atoms with Crippen LogP contribution in [0.4, 0.5) is 4.39 Å². The Hall–Kier alpha value is -2.02. The quantitative estimate of drug-likeness (QED) is 0.856. The standard InChI is InChI=1S/C12H13FN2O4/c1-6(13)10-14-11(18)9-7(3-2-4-16)5-8(17)19-12(9)15-10/h5-6,16H,2-4H2,1H3,(H,14,15,18). The van der Waals surface area contributed by atoms with Crippen molar-refractivity contribution in [3.63, 3.8) is 0 Å². The number of nitrogens with zero attached hydrogens (tertiary/aromatic N) is 1. The van der Waals surface area contributed by atoms with Gasteiger partial charge in [0.1, 0.15) is 11.2 Å². The number of aromatic amines is 1. The van der Waals surface area contributed by atoms with Gasteiger partial charge in [0.05, 0.1) is 0 Å². The van der Waals surface area contributed by atoms with E-state index in [1.54, 1.807) is 0 Å². The van der Waals surface area contributed by atoms with Gasteiger partial charge in [-0.15, -0.1) is 0 Å². The Kier molecular flexibility index (Phi) is 3.75. The maximum atomic E-state index is 13.2. The molecule has 0 amide bonds. The highest BCUT2D eigenvalue weighted by Gasteiger charge is 2.15. The Balaban J connectivity index is 2.71. The number of aliphatic hydroxyl groups is 1. The van der Waals surface area contributed by atoms with Crippen LogP contribution in [0.3, 0.4) is 0 Å². The molecule has 0 saturated carbocycles. The van der Waals surface area contributed by atoms with Gasteiger partial charge in [0, 0.05) is 12.7 Å². The zero-order chi connectivity index (χ0) is 14.0. The highest BCUT2D eigenvalue weighted by Crippen LogP contribution is 2.16. The molecule has 2 N–H and O–H groups in total. The van der Waals surface area contributed by atoms with Gasteiger partial charge in [-0.2, -0.15) is 4.98 Å². The predicted octanol–water partition coefficient (Wildman–Crippen LogP) is 0.832. The first-order valence-electron chi connectivity index (χ1n) is 5.85. The molecule has 0 saturated heterocycles. The highest BCUT2D eigenvalue weighted by atomic mass is 19.1. The number of H-pyrrole nitrogens is 1. The maximum absolute atomic E-state index is 13.2. The molecule has 102 valence electrons. The lowest BCUT2D eigenvalue weighted by Crippen LogP contribution is -2.16. The summed E-state index contributed by atoms with van der Waals surface area (Å²) < 4.78 is 18.0. The SMILES string of the molecule is CC(F)c1nc2oc(=O)cc(CCCO)c2c(=O)[nH]1. The van der Waals surface area contributed by atoms with Gasteiger partial charge >= 0.3 is 5.63 Å². The van der Waals surface area contributed by atoms with E-state index in [4.69, 9.17) is 9.52 Å². The molecule has 0 fully saturated rings. The van der Waals surface area contributed by atoms with Crippen LogP contribution in [0.5, 0.6) is 0 Å². The van der Waals surface area contributed by atoms with Gasteiger partial charge in [0.2, 0.25) is 5.71 Å². The van der Waals surface area contributed by atoms with E-state index in [9.17, 15) is 14.0 Å². The average molecular weight is 268 g/mol. The number of halogens is 1. The van der Waals surface area contributed by atoms with Gasteiger partial charge in [-0.1, -0.05) is 0 Å². The number of aromatic nitrogens is 2. The smallest absolute Gasteiger partial charge is 0.337 e. The van der Waals surface area contributed by atoms with Gasteiger partial charge in [-0.3, -0.25) is 4.79 Å². The van der Waals surface area contributed by atoms with Gasteiger partial charge in [-0.25, -0.2) is 9.18 Å². The fourth-order valence-corrected chi connectivity index (χ4v) is 1.82. The third-order valence-electron chi connectivity index (χ3n) is 2.70. The molecule has 2 rings (SSSR count). The first kappa shape index (κ1) is 13.4. The van der Waals surface area contributed by atoms with Crippen LogP contribution in [-0.4, -0.2) is 21.7 Å². The zero-order valence-corrected chi connectivity index (χ0v) is 10.3. The lowest BCUT2D eigenvalue weighted by Gasteiger charge is -2.05. The summed E-state index contributed by atoms with van der Waals surface area (Å²) in [6.07, 6.45) is -0.726. The van der Waals surface area contributed by atoms with Gasteiger partial charge in [0.15, 0.2) is 6.17 Å². The zero-order valence-electron chi connectivity index (χ0n) is 10.3. The number of rotatable bonds is 4. The first-order valence-corrected chi connectivity index (χ1v) is 5.85. The van der Waals surface area contributed by atoms with Gasteiger partial charge in [0.25, 0.3) is 5.56 Å². The van der Waals surface area contributed by atoms with Gasteiger partial charge < -0.3 is 14.5 Å². The molecule has 0 bridgehead atoms. The van der Waals surface area contributed by atoms with Crippen LogP contribution >= 0.6 is 0 Å². The van der Waals surface area contributed by atoms with Crippen LogP contribution in [0.2, 0.25) is 0 Å². The Morgan fingerprint density at radius 3 is 2.89 bits per heavy atom. The monoisotopic (exact) mass is 268 g/mol. The Labute approximate surface area is 106 Å². The average Bonchev–Trinajstić information content (AvgIpc) is 2.34. The molecule has 0 aliphatic rings. The minimum Gasteiger partial charge on any atom is -0.403 e. The Morgan fingerprint density at radius 1 is 1.53 bits per heavy atom. The number of fused-ring (bicyclic) bond motifs is 1. The Bertz CT molecular complexity index is 705. The normalized spacial score (nSPS) is 12.8. The van der Waals surface area contributed by atoms with Crippen molar-refractivity contribution in [1.82, 2.24) is 9.97 Å². The van der Waals surface area contributed by atoms with Crippen LogP contribution in [0, 0.1) is 0 Å². The molecular formula is C12H13FN2O4. The largest absolute Gasteiger partial charge is 0.403 e. The third kappa shape index (κ3) is 2.70. The predicted molar refractivity (Wildman–Crippen MR) is 65.8 cm³/mol. The topological polar surface area (TPSA) is 96.2 Å². The molecule has 6 nitrogen and oxygen atoms in total. The second kappa shape index (κ2) is 5.31. The molecule has 2 aromatic heterocycles. The summed E-state index contributed by atoms with van der Waals surface area (Å²) in [5.41, 5.74) is -0.951. The number of hydrogen-bond donors (Lipinski definition) is 2. The molecule has 0 spiro atoms. The molecule has 19 heavy (non-hydrogen) atoms. The fourth-order valence-electron chi connectivity index (χ4n) is 1.82. The van der Waals surface area contributed by atoms with E-state index < -0.39 is 17.4 Å². The highest BCUT2D eigenvalue weighted by molar-refractivity contribution is 5.75. The van der Waals surface area contributed by atoms with E-state index in [1.807, 2.05) is 0 Å². The van der Waals surface area contributed by atoms with E-state index in [0.29, 0.717) is 18.4 Å². The van der Waals surface area contributed by atoms with Crippen molar-refractivity contribution in [2.24, 2.45) is 0 Å². The van der Waals surface area contributed by atoms with E-state index in [2.05, 4.69) is 9.97 Å². The molecule has 0 aliphatic heterocycles. The number of nitrogens with one attached hydrogen (secondary N) is 1. The summed E-state index contributed by atoms with van der Waals surface area (Å²) in [6.45, 7) is 1.16. The second-order valence-electron chi connectivity index (χ2n) is 4.17. The van der Waals surface area contributed by atoms with Crippen molar-refractivity contribution < 1.29 is 13.9 Å². The molecule has 0 aromatic carbocycles. The summed E-state index contributed by atoms with van der Waals surface area (Å²) in [4.78, 5) is 29.4. The number of alkyl halides is 1. The molecule has 0 radical (unpaired) electrons. The van der Waals surface area contributed by atoms with Crippen molar-refractivity contribution in [3.8, 4) is 0 Å². The first-order chi connectivity index (χ1) is 9.02. The van der Waals surface area contributed by atoms with Gasteiger partial charge in [-0.05, 0) is 25.3 Å². The maximum Gasteiger partial charge on any atom is 0.337 e. The lowest BCUT2D eigenvalue weighted by molar-refractivity contribution is 0.288. The molecule has 2 heterocycles. The molecule has 0 aliphatic carbocycles. The summed E-state index contributed by atoms with van der Waals surface area (Å²) >= 11 is 0. The number of aliphatic hydroxyl groups excluding tert-OH is 1. The summed E-state index contributed by atoms with van der Waals surface area (Å²) in [6, 6.07) is 1.19. The minimum atomic E-state index is -1.47. The van der Waals surface area contributed by atoms with Crippen molar-refractivity contribution in [1.29, 1.82) is 0 Å². The molecule has 7 heteroatoms. The van der Waals surface area contributed by atoms with E-state index in [-0.39, 0.29) is 23.5 Å². The molecule has 2 aromatic rings. The van der Waals surface area contributed by atoms with Crippen LogP contribution in [-0.2, 0) is 6.42 Å². The van der Waals surface area contributed by atoms with E-state index >= 15 is 0 Å².